The first-order valence-electron chi connectivity index (χ1n) is 8.17. The number of carbonyl (C=O) groups excluding carboxylic acids is 1. The molecular weight excluding hydrogens is 369 g/mol. The van der Waals surface area contributed by atoms with E-state index in [4.69, 9.17) is 0 Å². The molecule has 0 aromatic heterocycles. The number of piperazine rings is 1. The van der Waals surface area contributed by atoms with Gasteiger partial charge in [0.1, 0.15) is 11.6 Å². The summed E-state index contributed by atoms with van der Waals surface area (Å²) in [6, 6.07) is 7.13. The molecule has 0 radical (unpaired) electrons. The van der Waals surface area contributed by atoms with Crippen LogP contribution in [0.3, 0.4) is 0 Å². The van der Waals surface area contributed by atoms with E-state index < -0.39 is 29.4 Å². The van der Waals surface area contributed by atoms with Crippen LogP contribution in [0, 0.1) is 11.6 Å². The van der Waals surface area contributed by atoms with E-state index in [0.29, 0.717) is 18.8 Å². The molecule has 1 saturated heterocycles. The van der Waals surface area contributed by atoms with Crippen molar-refractivity contribution in [1.29, 1.82) is 0 Å². The van der Waals surface area contributed by atoms with Crippen LogP contribution < -0.4 is 10.2 Å². The summed E-state index contributed by atoms with van der Waals surface area (Å²) in [6.45, 7) is 1.11. The molecule has 1 heterocycles. The summed E-state index contributed by atoms with van der Waals surface area (Å²) in [6.07, 6.45) is -4.42. The van der Waals surface area contributed by atoms with Crippen molar-refractivity contribution in [1.82, 2.24) is 4.90 Å². The molecule has 3 rings (SSSR count). The van der Waals surface area contributed by atoms with Crippen LogP contribution in [0.2, 0.25) is 0 Å². The molecule has 9 heteroatoms. The number of nitrogens with one attached hydrogen (secondary N) is 1. The number of anilines is 2. The van der Waals surface area contributed by atoms with E-state index in [-0.39, 0.29) is 18.8 Å². The highest BCUT2D eigenvalue weighted by Gasteiger charge is 2.31. The molecule has 27 heavy (non-hydrogen) atoms. The van der Waals surface area contributed by atoms with Crippen molar-refractivity contribution in [2.24, 2.45) is 0 Å². The Morgan fingerprint density at radius 1 is 0.963 bits per heavy atom. The molecule has 0 spiro atoms. The normalized spacial score (nSPS) is 15.0. The van der Waals surface area contributed by atoms with Gasteiger partial charge in [-0.25, -0.2) is 13.6 Å². The summed E-state index contributed by atoms with van der Waals surface area (Å²) >= 11 is 0. The van der Waals surface area contributed by atoms with Gasteiger partial charge in [0, 0.05) is 37.9 Å². The molecule has 0 atom stereocenters. The molecular formula is C18H16F5N3O. The number of alkyl halides is 3. The lowest BCUT2D eigenvalue weighted by Gasteiger charge is -2.36. The molecule has 0 bridgehead atoms. The highest BCUT2D eigenvalue weighted by atomic mass is 19.4. The second kappa shape index (κ2) is 7.42. The molecule has 1 aliphatic heterocycles. The molecule has 0 unspecified atom stereocenters. The maximum Gasteiger partial charge on any atom is 0.416 e. The summed E-state index contributed by atoms with van der Waals surface area (Å²) < 4.78 is 65.3. The second-order valence-corrected chi connectivity index (χ2v) is 6.08. The maximum atomic E-state index is 13.6. The van der Waals surface area contributed by atoms with Gasteiger partial charge in [0.15, 0.2) is 0 Å². The Labute approximate surface area is 152 Å². The van der Waals surface area contributed by atoms with Gasteiger partial charge in [-0.3, -0.25) is 0 Å². The zero-order valence-corrected chi connectivity index (χ0v) is 14.1. The first-order valence-corrected chi connectivity index (χ1v) is 8.17. The minimum Gasteiger partial charge on any atom is -0.368 e. The summed E-state index contributed by atoms with van der Waals surface area (Å²) in [5.74, 6) is -1.44. The summed E-state index contributed by atoms with van der Waals surface area (Å²) in [5.41, 5.74) is -0.580. The molecule has 1 fully saturated rings. The van der Waals surface area contributed by atoms with Gasteiger partial charge in [0.05, 0.1) is 11.3 Å². The highest BCUT2D eigenvalue weighted by Crippen LogP contribution is 2.31. The van der Waals surface area contributed by atoms with E-state index in [1.165, 1.54) is 11.0 Å². The molecule has 1 aliphatic rings. The molecule has 1 N–H and O–H groups in total. The minimum atomic E-state index is -4.42. The van der Waals surface area contributed by atoms with Crippen molar-refractivity contribution in [3.63, 3.8) is 0 Å². The molecule has 0 saturated carbocycles. The van der Waals surface area contributed by atoms with Gasteiger partial charge < -0.3 is 15.1 Å². The Morgan fingerprint density at radius 2 is 1.67 bits per heavy atom. The minimum absolute atomic E-state index is 0.235. The van der Waals surface area contributed by atoms with Crippen molar-refractivity contribution in [2.45, 2.75) is 6.18 Å². The van der Waals surface area contributed by atoms with Crippen LogP contribution in [-0.4, -0.2) is 37.1 Å². The van der Waals surface area contributed by atoms with Crippen molar-refractivity contribution < 1.29 is 26.7 Å². The predicted molar refractivity (Wildman–Crippen MR) is 90.6 cm³/mol. The van der Waals surface area contributed by atoms with Crippen LogP contribution in [0.15, 0.2) is 42.5 Å². The molecule has 2 aromatic rings. The van der Waals surface area contributed by atoms with E-state index in [9.17, 15) is 26.7 Å². The Hall–Kier alpha value is -2.84. The number of hydrogen-bond donors (Lipinski definition) is 1. The quantitative estimate of drug-likeness (QED) is 0.781. The van der Waals surface area contributed by atoms with Crippen LogP contribution in [0.1, 0.15) is 5.56 Å². The fraction of sp³-hybridized carbons (Fsp3) is 0.278. The third kappa shape index (κ3) is 4.47. The lowest BCUT2D eigenvalue weighted by Crippen LogP contribution is -2.50. The van der Waals surface area contributed by atoms with Gasteiger partial charge in [0.25, 0.3) is 0 Å². The number of nitrogens with zero attached hydrogens (tertiary/aromatic N) is 2. The number of urea groups is 1. The molecule has 2 aromatic carbocycles. The first-order chi connectivity index (χ1) is 12.7. The topological polar surface area (TPSA) is 35.6 Å². The number of carbonyl (C=O) groups is 1. The second-order valence-electron chi connectivity index (χ2n) is 6.08. The van der Waals surface area contributed by atoms with E-state index in [0.717, 1.165) is 30.3 Å². The molecule has 0 aliphatic carbocycles. The van der Waals surface area contributed by atoms with Gasteiger partial charge in [-0.2, -0.15) is 13.2 Å². The third-order valence-electron chi connectivity index (χ3n) is 4.28. The zero-order chi connectivity index (χ0) is 19.6. The lowest BCUT2D eigenvalue weighted by atomic mass is 10.1. The smallest absolute Gasteiger partial charge is 0.368 e. The fourth-order valence-corrected chi connectivity index (χ4v) is 2.83. The number of rotatable bonds is 2. The zero-order valence-electron chi connectivity index (χ0n) is 14.1. The van der Waals surface area contributed by atoms with Crippen LogP contribution in [0.25, 0.3) is 0 Å². The standard InChI is InChI=1S/C18H16F5N3O/c19-13-4-5-15(20)16(11-13)24-17(27)26-8-6-25(7-9-26)14-3-1-2-12(10-14)18(21,22)23/h1-5,10-11H,6-9H2,(H,24,27). The van der Waals surface area contributed by atoms with Gasteiger partial charge in [-0.1, -0.05) is 6.07 Å². The van der Waals surface area contributed by atoms with E-state index >= 15 is 0 Å². The highest BCUT2D eigenvalue weighted by molar-refractivity contribution is 5.89. The number of hydrogen-bond acceptors (Lipinski definition) is 2. The predicted octanol–water partition coefficient (Wildman–Crippen LogP) is 4.34. The molecule has 2 amide bonds. The Bertz CT molecular complexity index is 832. The van der Waals surface area contributed by atoms with E-state index in [2.05, 4.69) is 5.32 Å². The summed E-state index contributed by atoms with van der Waals surface area (Å²) in [5, 5.41) is 2.31. The summed E-state index contributed by atoms with van der Waals surface area (Å²) in [4.78, 5) is 15.4. The monoisotopic (exact) mass is 385 g/mol. The van der Waals surface area contributed by atoms with E-state index in [1.807, 2.05) is 0 Å². The number of amides is 2. The van der Waals surface area contributed by atoms with Crippen LogP contribution in [-0.2, 0) is 6.18 Å². The van der Waals surface area contributed by atoms with Gasteiger partial charge in [-0.05, 0) is 30.3 Å². The van der Waals surface area contributed by atoms with Crippen LogP contribution in [0.5, 0.6) is 0 Å². The Kier molecular flexibility index (Phi) is 5.20. The summed E-state index contributed by atoms with van der Waals surface area (Å²) in [7, 11) is 0. The number of halogens is 5. The maximum absolute atomic E-state index is 13.6. The SMILES string of the molecule is O=C(Nc1cc(F)ccc1F)N1CCN(c2cccc(C(F)(F)F)c2)CC1. The van der Waals surface area contributed by atoms with Gasteiger partial charge >= 0.3 is 12.2 Å². The Balaban J connectivity index is 1.62. The van der Waals surface area contributed by atoms with Crippen LogP contribution >= 0.6 is 0 Å². The van der Waals surface area contributed by atoms with Gasteiger partial charge in [0.2, 0.25) is 0 Å². The lowest BCUT2D eigenvalue weighted by molar-refractivity contribution is -0.137. The largest absolute Gasteiger partial charge is 0.416 e. The molecule has 4 nitrogen and oxygen atoms in total. The van der Waals surface area contributed by atoms with Gasteiger partial charge in [-0.15, -0.1) is 0 Å². The third-order valence-corrected chi connectivity index (χ3v) is 4.28. The van der Waals surface area contributed by atoms with Crippen molar-refractivity contribution in [3.8, 4) is 0 Å². The van der Waals surface area contributed by atoms with Crippen molar-refractivity contribution >= 4 is 17.4 Å². The first kappa shape index (κ1) is 18.9. The average Bonchev–Trinajstić information content (AvgIpc) is 2.64. The fourth-order valence-electron chi connectivity index (χ4n) is 2.83. The van der Waals surface area contributed by atoms with E-state index in [1.54, 1.807) is 11.0 Å². The molecule has 144 valence electrons. The van der Waals surface area contributed by atoms with Crippen molar-refractivity contribution in [2.75, 3.05) is 36.4 Å². The Morgan fingerprint density at radius 3 is 2.33 bits per heavy atom. The van der Waals surface area contributed by atoms with Crippen molar-refractivity contribution in [3.05, 3.63) is 59.7 Å². The average molecular weight is 385 g/mol. The number of benzene rings is 2. The van der Waals surface area contributed by atoms with Crippen LogP contribution in [0.4, 0.5) is 38.1 Å².